The minimum Gasteiger partial charge on any atom is -0.327 e. The number of benzene rings is 1. The second-order valence-corrected chi connectivity index (χ2v) is 4.20. The van der Waals surface area contributed by atoms with Gasteiger partial charge in [0, 0.05) is 5.75 Å². The number of aldehydes is 1. The molecule has 1 aromatic carbocycles. The fourth-order valence-corrected chi connectivity index (χ4v) is 1.80. The number of carbonyl (C=O) groups is 1. The van der Waals surface area contributed by atoms with E-state index in [2.05, 4.69) is 4.72 Å². The lowest BCUT2D eigenvalue weighted by Crippen LogP contribution is -1.97. The van der Waals surface area contributed by atoms with E-state index < -0.39 is 5.82 Å². The van der Waals surface area contributed by atoms with Crippen molar-refractivity contribution in [3.05, 3.63) is 28.5 Å². The van der Waals surface area contributed by atoms with E-state index in [1.165, 1.54) is 24.1 Å². The van der Waals surface area contributed by atoms with Gasteiger partial charge in [0.15, 0.2) is 12.1 Å². The van der Waals surface area contributed by atoms with E-state index in [0.29, 0.717) is 12.0 Å². The highest BCUT2D eigenvalue weighted by Gasteiger charge is 2.11. The summed E-state index contributed by atoms with van der Waals surface area (Å²) in [6, 6.07) is 3.02. The Kier molecular flexibility index (Phi) is 4.91. The van der Waals surface area contributed by atoms with Gasteiger partial charge in [-0.25, -0.2) is 4.39 Å². The summed E-state index contributed by atoms with van der Waals surface area (Å²) in [6.07, 6.45) is 1.42. The first-order valence-corrected chi connectivity index (χ1v) is 5.88. The first kappa shape index (κ1) is 12.3. The maximum atomic E-state index is 13.6. The molecule has 1 rings (SSSR count). The number of carbonyl (C=O) groups excluding carboxylic acids is 1. The summed E-state index contributed by atoms with van der Waals surface area (Å²) >= 11 is 7.05. The Bertz CT molecular complexity index is 360. The molecule has 0 unspecified atom stereocenters. The third-order valence-corrected chi connectivity index (χ3v) is 3.04. The maximum Gasteiger partial charge on any atom is 0.159 e. The van der Waals surface area contributed by atoms with E-state index in [9.17, 15) is 9.18 Å². The van der Waals surface area contributed by atoms with Gasteiger partial charge in [-0.3, -0.25) is 4.79 Å². The van der Waals surface area contributed by atoms with E-state index >= 15 is 0 Å². The van der Waals surface area contributed by atoms with Crippen LogP contribution < -0.4 is 4.72 Å². The minimum atomic E-state index is -0.596. The van der Waals surface area contributed by atoms with Gasteiger partial charge in [-0.2, -0.15) is 0 Å². The Balaban J connectivity index is 2.85. The van der Waals surface area contributed by atoms with E-state index in [1.807, 2.05) is 6.92 Å². The molecule has 82 valence electrons. The van der Waals surface area contributed by atoms with Crippen LogP contribution in [0.4, 0.5) is 10.1 Å². The van der Waals surface area contributed by atoms with E-state index in [4.69, 9.17) is 11.6 Å². The van der Waals surface area contributed by atoms with Crippen LogP contribution in [-0.4, -0.2) is 12.0 Å². The molecule has 0 saturated carbocycles. The summed E-state index contributed by atoms with van der Waals surface area (Å²) in [5, 5.41) is 0.133. The SMILES string of the molecule is CCCSNc1ccc(Cl)c(C=O)c1F. The van der Waals surface area contributed by atoms with Crippen LogP contribution in [0.15, 0.2) is 12.1 Å². The molecule has 0 spiro atoms. The van der Waals surface area contributed by atoms with Gasteiger partial charge in [0.05, 0.1) is 16.3 Å². The van der Waals surface area contributed by atoms with Crippen LogP contribution in [-0.2, 0) is 0 Å². The molecule has 0 aliphatic heterocycles. The first-order chi connectivity index (χ1) is 7.20. The Morgan fingerprint density at radius 2 is 2.33 bits per heavy atom. The molecule has 0 saturated heterocycles. The molecule has 1 N–H and O–H groups in total. The zero-order chi connectivity index (χ0) is 11.3. The van der Waals surface area contributed by atoms with Crippen LogP contribution in [0.5, 0.6) is 0 Å². The summed E-state index contributed by atoms with van der Waals surface area (Å²) in [7, 11) is 0. The Hall–Kier alpha value is -0.740. The lowest BCUT2D eigenvalue weighted by molar-refractivity contribution is 0.112. The summed E-state index contributed by atoms with van der Waals surface area (Å²) in [5.74, 6) is 0.277. The number of rotatable bonds is 5. The molecule has 0 aliphatic rings. The molecule has 0 aromatic heterocycles. The summed E-state index contributed by atoms with van der Waals surface area (Å²) in [4.78, 5) is 10.6. The molecule has 0 amide bonds. The number of hydrogen-bond acceptors (Lipinski definition) is 3. The van der Waals surface area contributed by atoms with Crippen molar-refractivity contribution in [3.8, 4) is 0 Å². The molecular formula is C10H11ClFNOS. The molecule has 0 heterocycles. The van der Waals surface area contributed by atoms with Crippen molar-refractivity contribution < 1.29 is 9.18 Å². The maximum absolute atomic E-state index is 13.6. The predicted molar refractivity (Wildman–Crippen MR) is 63.2 cm³/mol. The van der Waals surface area contributed by atoms with Crippen LogP contribution in [0, 0.1) is 5.82 Å². The third kappa shape index (κ3) is 3.11. The predicted octanol–water partition coefficient (Wildman–Crippen LogP) is 3.76. The standard InChI is InChI=1S/C10H11ClFNOS/c1-2-5-15-13-9-4-3-8(11)7(6-14)10(9)12/h3-4,6,13H,2,5H2,1H3. The number of anilines is 1. The summed E-state index contributed by atoms with van der Waals surface area (Å²) in [6.45, 7) is 2.03. The van der Waals surface area contributed by atoms with Crippen LogP contribution >= 0.6 is 23.5 Å². The smallest absolute Gasteiger partial charge is 0.159 e. The quantitative estimate of drug-likeness (QED) is 0.488. The van der Waals surface area contributed by atoms with Crippen molar-refractivity contribution in [1.82, 2.24) is 0 Å². The summed E-state index contributed by atoms with van der Waals surface area (Å²) in [5.41, 5.74) is 0.193. The molecule has 0 fully saturated rings. The van der Waals surface area contributed by atoms with Gasteiger partial charge in [-0.15, -0.1) is 0 Å². The zero-order valence-electron chi connectivity index (χ0n) is 8.22. The molecular weight excluding hydrogens is 237 g/mol. The van der Waals surface area contributed by atoms with Crippen LogP contribution in [0.3, 0.4) is 0 Å². The molecule has 0 atom stereocenters. The van der Waals surface area contributed by atoms with Crippen molar-refractivity contribution in [2.45, 2.75) is 13.3 Å². The highest BCUT2D eigenvalue weighted by Crippen LogP contribution is 2.25. The van der Waals surface area contributed by atoms with Crippen LogP contribution in [0.1, 0.15) is 23.7 Å². The molecule has 15 heavy (non-hydrogen) atoms. The van der Waals surface area contributed by atoms with E-state index in [-0.39, 0.29) is 10.6 Å². The number of hydrogen-bond donors (Lipinski definition) is 1. The lowest BCUT2D eigenvalue weighted by atomic mass is 10.2. The highest BCUT2D eigenvalue weighted by atomic mass is 35.5. The third-order valence-electron chi connectivity index (χ3n) is 1.73. The number of halogens is 2. The van der Waals surface area contributed by atoms with Gasteiger partial charge < -0.3 is 4.72 Å². The topological polar surface area (TPSA) is 29.1 Å². The van der Waals surface area contributed by atoms with Crippen molar-refractivity contribution in [2.75, 3.05) is 10.5 Å². The largest absolute Gasteiger partial charge is 0.327 e. The lowest BCUT2D eigenvalue weighted by Gasteiger charge is -2.07. The van der Waals surface area contributed by atoms with Gasteiger partial charge in [-0.1, -0.05) is 30.5 Å². The highest BCUT2D eigenvalue weighted by molar-refractivity contribution is 8.00. The van der Waals surface area contributed by atoms with Gasteiger partial charge in [-0.05, 0) is 18.6 Å². The second-order valence-electron chi connectivity index (χ2n) is 2.89. The Morgan fingerprint density at radius 1 is 1.60 bits per heavy atom. The van der Waals surface area contributed by atoms with Crippen molar-refractivity contribution >= 4 is 35.5 Å². The fraction of sp³-hybridized carbons (Fsp3) is 0.300. The zero-order valence-corrected chi connectivity index (χ0v) is 9.79. The average molecular weight is 248 g/mol. The Morgan fingerprint density at radius 3 is 2.93 bits per heavy atom. The fourth-order valence-electron chi connectivity index (χ4n) is 0.987. The van der Waals surface area contributed by atoms with Crippen molar-refractivity contribution in [2.24, 2.45) is 0 Å². The average Bonchev–Trinajstić information content (AvgIpc) is 2.22. The molecule has 1 aromatic rings. The molecule has 0 radical (unpaired) electrons. The van der Waals surface area contributed by atoms with Gasteiger partial charge in [0.1, 0.15) is 0 Å². The first-order valence-electron chi connectivity index (χ1n) is 4.51. The van der Waals surface area contributed by atoms with Crippen molar-refractivity contribution in [1.29, 1.82) is 0 Å². The van der Waals surface area contributed by atoms with E-state index in [0.717, 1.165) is 12.2 Å². The van der Waals surface area contributed by atoms with E-state index in [1.54, 1.807) is 0 Å². The Labute approximate surface area is 97.3 Å². The van der Waals surface area contributed by atoms with Crippen LogP contribution in [0.25, 0.3) is 0 Å². The molecule has 0 bridgehead atoms. The molecule has 5 heteroatoms. The normalized spacial score (nSPS) is 10.1. The molecule has 0 aliphatic carbocycles. The summed E-state index contributed by atoms with van der Waals surface area (Å²) < 4.78 is 16.4. The minimum absolute atomic E-state index is 0.0984. The van der Waals surface area contributed by atoms with Gasteiger partial charge >= 0.3 is 0 Å². The van der Waals surface area contributed by atoms with Gasteiger partial charge in [0.2, 0.25) is 0 Å². The second kappa shape index (κ2) is 5.98. The van der Waals surface area contributed by atoms with Gasteiger partial charge in [0.25, 0.3) is 0 Å². The number of nitrogens with one attached hydrogen (secondary N) is 1. The van der Waals surface area contributed by atoms with Crippen molar-refractivity contribution in [3.63, 3.8) is 0 Å². The van der Waals surface area contributed by atoms with Crippen LogP contribution in [0.2, 0.25) is 5.02 Å². The monoisotopic (exact) mass is 247 g/mol. The molecule has 2 nitrogen and oxygen atoms in total.